The van der Waals surface area contributed by atoms with Crippen LogP contribution in [0, 0.1) is 0 Å². The minimum atomic E-state index is 0.00142. The Morgan fingerprint density at radius 2 is 2.33 bits per heavy atom. The molecule has 0 radical (unpaired) electrons. The van der Waals surface area contributed by atoms with Gasteiger partial charge in [-0.15, -0.1) is 0 Å². The smallest absolute Gasteiger partial charge is 0.228 e. The Balaban J connectivity index is 2.29. The Morgan fingerprint density at radius 1 is 1.54 bits per heavy atom. The fraction of sp³-hybridized carbons (Fsp3) is 0.438. The highest BCUT2D eigenvalue weighted by atomic mass is 35.5. The van der Waals surface area contributed by atoms with Crippen LogP contribution in [0.3, 0.4) is 0 Å². The van der Waals surface area contributed by atoms with Crippen LogP contribution in [-0.2, 0) is 9.53 Å². The Hall–Kier alpha value is -1.57. The Labute approximate surface area is 151 Å². The van der Waals surface area contributed by atoms with Gasteiger partial charge in [0.2, 0.25) is 5.91 Å². The molecule has 0 aromatic carbocycles. The molecule has 2 aromatic rings. The van der Waals surface area contributed by atoms with Gasteiger partial charge in [0.1, 0.15) is 5.69 Å². The third-order valence-corrected chi connectivity index (χ3v) is 4.78. The number of ether oxygens (including phenoxy) is 1. The third kappa shape index (κ3) is 4.72. The lowest BCUT2D eigenvalue weighted by atomic mass is 10.2. The molecular formula is C16H21ClN4O2S. The average molecular weight is 369 g/mol. The minimum Gasteiger partial charge on any atom is -0.383 e. The first kappa shape index (κ1) is 18.8. The summed E-state index contributed by atoms with van der Waals surface area (Å²) >= 11 is 7.95. The number of rotatable bonds is 8. The van der Waals surface area contributed by atoms with Crippen LogP contribution in [0.5, 0.6) is 0 Å². The lowest BCUT2D eigenvalue weighted by Crippen LogP contribution is -2.35. The van der Waals surface area contributed by atoms with Crippen LogP contribution in [0.25, 0.3) is 5.69 Å². The van der Waals surface area contributed by atoms with Crippen LogP contribution >= 0.6 is 23.4 Å². The molecule has 0 fully saturated rings. The number of carbonyl (C=O) groups excluding carboxylic acids is 1. The predicted molar refractivity (Wildman–Crippen MR) is 98.2 cm³/mol. The monoisotopic (exact) mass is 368 g/mol. The highest BCUT2D eigenvalue weighted by molar-refractivity contribution is 7.99. The minimum absolute atomic E-state index is 0.00142. The molecule has 1 amide bonds. The summed E-state index contributed by atoms with van der Waals surface area (Å²) in [6.07, 6.45) is 7.54. The molecule has 0 saturated heterocycles. The van der Waals surface area contributed by atoms with Crippen molar-refractivity contribution in [1.82, 2.24) is 14.8 Å². The maximum atomic E-state index is 12.7. The molecule has 130 valence electrons. The van der Waals surface area contributed by atoms with Crippen molar-refractivity contribution in [2.75, 3.05) is 31.4 Å². The van der Waals surface area contributed by atoms with Crippen LogP contribution < -0.4 is 4.90 Å². The number of nitrogens with zero attached hydrogens (tertiary/aromatic N) is 4. The van der Waals surface area contributed by atoms with E-state index in [0.717, 1.165) is 5.69 Å². The van der Waals surface area contributed by atoms with E-state index in [1.165, 1.54) is 0 Å². The summed E-state index contributed by atoms with van der Waals surface area (Å²) in [5.74, 6) is 0.00142. The van der Waals surface area contributed by atoms with Crippen LogP contribution in [0.1, 0.15) is 13.3 Å². The second-order valence-electron chi connectivity index (χ2n) is 5.25. The molecule has 0 N–H and O–H groups in total. The summed E-state index contributed by atoms with van der Waals surface area (Å²) in [5, 5.41) is 4.80. The number of anilines is 1. The molecule has 8 heteroatoms. The maximum Gasteiger partial charge on any atom is 0.228 e. The van der Waals surface area contributed by atoms with E-state index in [1.807, 2.05) is 25.3 Å². The summed E-state index contributed by atoms with van der Waals surface area (Å²) in [5.41, 5.74) is 1.36. The van der Waals surface area contributed by atoms with Gasteiger partial charge in [-0.25, -0.2) is 4.68 Å². The van der Waals surface area contributed by atoms with Crippen LogP contribution in [0.4, 0.5) is 5.69 Å². The van der Waals surface area contributed by atoms with Crippen molar-refractivity contribution in [3.05, 3.63) is 35.9 Å². The standard InChI is InChI=1S/C16H21ClN4O2S/c1-12(24-3)9-15(22)20(7-8-23-2)14-11-21(19-16(14)17)13-5-4-6-18-10-13/h4-6,10-12H,7-9H2,1-3H3. The zero-order chi connectivity index (χ0) is 17.5. The quantitative estimate of drug-likeness (QED) is 0.716. The number of carbonyl (C=O) groups is 1. The van der Waals surface area contributed by atoms with Crippen molar-refractivity contribution in [2.24, 2.45) is 0 Å². The van der Waals surface area contributed by atoms with Gasteiger partial charge in [-0.3, -0.25) is 9.78 Å². The molecule has 0 aliphatic rings. The van der Waals surface area contributed by atoms with Gasteiger partial charge in [0.05, 0.1) is 24.7 Å². The fourth-order valence-corrected chi connectivity index (χ4v) is 2.69. The lowest BCUT2D eigenvalue weighted by molar-refractivity contribution is -0.118. The third-order valence-electron chi connectivity index (χ3n) is 3.54. The molecule has 1 unspecified atom stereocenters. The molecule has 0 aliphatic carbocycles. The van der Waals surface area contributed by atoms with Gasteiger partial charge in [-0.05, 0) is 18.4 Å². The summed E-state index contributed by atoms with van der Waals surface area (Å²) < 4.78 is 6.75. The van der Waals surface area contributed by atoms with Crippen molar-refractivity contribution in [2.45, 2.75) is 18.6 Å². The number of hydrogen-bond donors (Lipinski definition) is 0. The topological polar surface area (TPSA) is 60.2 Å². The van der Waals surface area contributed by atoms with Gasteiger partial charge in [-0.1, -0.05) is 18.5 Å². The van der Waals surface area contributed by atoms with E-state index >= 15 is 0 Å². The largest absolute Gasteiger partial charge is 0.383 e. The highest BCUT2D eigenvalue weighted by Crippen LogP contribution is 2.27. The Kier molecular flexibility index (Phi) is 7.08. The number of aromatic nitrogens is 3. The number of amides is 1. The number of pyridine rings is 1. The first-order valence-corrected chi connectivity index (χ1v) is 9.21. The van der Waals surface area contributed by atoms with Crippen molar-refractivity contribution in [3.8, 4) is 5.69 Å². The van der Waals surface area contributed by atoms with Gasteiger partial charge >= 0.3 is 0 Å². The van der Waals surface area contributed by atoms with Gasteiger partial charge < -0.3 is 9.64 Å². The van der Waals surface area contributed by atoms with E-state index in [4.69, 9.17) is 16.3 Å². The van der Waals surface area contributed by atoms with Crippen molar-refractivity contribution in [1.29, 1.82) is 0 Å². The Bertz CT molecular complexity index is 665. The van der Waals surface area contributed by atoms with E-state index in [-0.39, 0.29) is 16.3 Å². The molecule has 0 spiro atoms. The summed E-state index contributed by atoms with van der Waals surface area (Å²) in [4.78, 5) is 18.4. The van der Waals surface area contributed by atoms with Gasteiger partial charge in [0.25, 0.3) is 0 Å². The molecule has 24 heavy (non-hydrogen) atoms. The predicted octanol–water partition coefficient (Wildman–Crippen LogP) is 3.04. The number of thioether (sulfide) groups is 1. The molecule has 1 atom stereocenters. The average Bonchev–Trinajstić information content (AvgIpc) is 2.97. The SMILES string of the molecule is COCCN(C(=O)CC(C)SC)c1cn(-c2cccnc2)nc1Cl. The molecule has 6 nitrogen and oxygen atoms in total. The van der Waals surface area contributed by atoms with E-state index in [1.54, 1.807) is 47.0 Å². The molecule has 0 bridgehead atoms. The number of methoxy groups -OCH3 is 1. The fourth-order valence-electron chi connectivity index (χ4n) is 2.15. The molecule has 2 aromatic heterocycles. The zero-order valence-electron chi connectivity index (χ0n) is 14.0. The molecular weight excluding hydrogens is 348 g/mol. The summed E-state index contributed by atoms with van der Waals surface area (Å²) in [7, 11) is 1.61. The van der Waals surface area contributed by atoms with Crippen molar-refractivity contribution < 1.29 is 9.53 Å². The molecule has 0 aliphatic heterocycles. The van der Waals surface area contributed by atoms with Gasteiger partial charge in [-0.2, -0.15) is 16.9 Å². The van der Waals surface area contributed by atoms with Crippen LogP contribution in [0.2, 0.25) is 5.15 Å². The van der Waals surface area contributed by atoms with Crippen LogP contribution in [0.15, 0.2) is 30.7 Å². The van der Waals surface area contributed by atoms with E-state index in [2.05, 4.69) is 10.1 Å². The summed E-state index contributed by atoms with van der Waals surface area (Å²) in [6, 6.07) is 3.69. The first-order chi connectivity index (χ1) is 11.6. The molecule has 2 rings (SSSR count). The van der Waals surface area contributed by atoms with Crippen LogP contribution in [-0.4, -0.2) is 52.4 Å². The summed E-state index contributed by atoms with van der Waals surface area (Å²) in [6.45, 7) is 2.88. The number of hydrogen-bond acceptors (Lipinski definition) is 5. The highest BCUT2D eigenvalue weighted by Gasteiger charge is 2.22. The lowest BCUT2D eigenvalue weighted by Gasteiger charge is -2.22. The van der Waals surface area contributed by atoms with Crippen molar-refractivity contribution in [3.63, 3.8) is 0 Å². The van der Waals surface area contributed by atoms with Gasteiger partial charge in [0.15, 0.2) is 5.15 Å². The zero-order valence-corrected chi connectivity index (χ0v) is 15.5. The van der Waals surface area contributed by atoms with Gasteiger partial charge in [0, 0.05) is 31.5 Å². The maximum absolute atomic E-state index is 12.7. The molecule has 0 saturated carbocycles. The normalized spacial score (nSPS) is 12.2. The van der Waals surface area contributed by atoms with E-state index in [9.17, 15) is 4.79 Å². The second kappa shape index (κ2) is 9.05. The number of halogens is 1. The second-order valence-corrected chi connectivity index (χ2v) is 6.88. The van der Waals surface area contributed by atoms with E-state index < -0.39 is 0 Å². The van der Waals surface area contributed by atoms with Crippen molar-refractivity contribution >= 4 is 35.0 Å². The Morgan fingerprint density at radius 3 is 2.96 bits per heavy atom. The molecule has 2 heterocycles. The first-order valence-electron chi connectivity index (χ1n) is 7.54. The van der Waals surface area contributed by atoms with E-state index in [0.29, 0.717) is 25.3 Å².